The summed E-state index contributed by atoms with van der Waals surface area (Å²) in [6, 6.07) is 11.2. The van der Waals surface area contributed by atoms with Gasteiger partial charge in [0.15, 0.2) is 11.7 Å². The fourth-order valence-electron chi connectivity index (χ4n) is 2.72. The van der Waals surface area contributed by atoms with Gasteiger partial charge in [0.05, 0.1) is 11.9 Å². The van der Waals surface area contributed by atoms with E-state index in [4.69, 9.17) is 9.15 Å². The number of anilines is 1. The van der Waals surface area contributed by atoms with Crippen LogP contribution in [0.4, 0.5) is 18.9 Å². The lowest BCUT2D eigenvalue weighted by Crippen LogP contribution is -2.30. The summed E-state index contributed by atoms with van der Waals surface area (Å²) >= 11 is 0. The Hall–Kier alpha value is -3.76. The van der Waals surface area contributed by atoms with E-state index in [9.17, 15) is 27.6 Å². The number of hydrogen-bond donors (Lipinski definition) is 1. The number of esters is 1. The van der Waals surface area contributed by atoms with Crippen LogP contribution in [0.5, 0.6) is 5.75 Å². The summed E-state index contributed by atoms with van der Waals surface area (Å²) in [5.41, 5.74) is 1.11. The molecule has 2 aromatic carbocycles. The summed E-state index contributed by atoms with van der Waals surface area (Å²) in [4.78, 5) is 36.1. The number of amides is 1. The van der Waals surface area contributed by atoms with E-state index in [0.29, 0.717) is 11.1 Å². The van der Waals surface area contributed by atoms with Crippen LogP contribution < -0.4 is 15.8 Å². The SMILES string of the molecule is CC(OC(=O)CCn1c(=O)oc2ccccc21)C(=O)Nc1ccc(OC(F)(F)F)cc1. The van der Waals surface area contributed by atoms with Crippen molar-refractivity contribution >= 4 is 28.7 Å². The number of hydrogen-bond acceptors (Lipinski definition) is 6. The second kappa shape index (κ2) is 8.94. The van der Waals surface area contributed by atoms with Gasteiger partial charge in [-0.25, -0.2) is 4.79 Å². The summed E-state index contributed by atoms with van der Waals surface area (Å²) in [5.74, 6) is -2.44. The average molecular weight is 438 g/mol. The number of benzene rings is 2. The van der Waals surface area contributed by atoms with Crippen LogP contribution in [-0.4, -0.2) is 28.9 Å². The van der Waals surface area contributed by atoms with Crippen molar-refractivity contribution in [3.8, 4) is 5.75 Å². The number of oxazole rings is 1. The van der Waals surface area contributed by atoms with Crippen LogP contribution in [0.1, 0.15) is 13.3 Å². The molecule has 31 heavy (non-hydrogen) atoms. The molecule has 0 aliphatic carbocycles. The second-order valence-corrected chi connectivity index (χ2v) is 6.43. The van der Waals surface area contributed by atoms with Crippen molar-refractivity contribution in [3.05, 3.63) is 59.1 Å². The van der Waals surface area contributed by atoms with E-state index in [1.807, 2.05) is 0 Å². The van der Waals surface area contributed by atoms with E-state index in [-0.39, 0.29) is 18.7 Å². The topological polar surface area (TPSA) is 99.8 Å². The van der Waals surface area contributed by atoms with Gasteiger partial charge in [-0.1, -0.05) is 12.1 Å². The first-order valence-corrected chi connectivity index (χ1v) is 9.07. The van der Waals surface area contributed by atoms with Gasteiger partial charge >= 0.3 is 18.1 Å². The molecule has 3 aromatic rings. The number of alkyl halides is 3. The van der Waals surface area contributed by atoms with Gasteiger partial charge in [0.1, 0.15) is 5.75 Å². The van der Waals surface area contributed by atoms with Crippen molar-refractivity contribution in [2.45, 2.75) is 32.4 Å². The molecule has 8 nitrogen and oxygen atoms in total. The van der Waals surface area contributed by atoms with E-state index >= 15 is 0 Å². The number of aromatic nitrogens is 1. The lowest BCUT2D eigenvalue weighted by Gasteiger charge is -2.14. The molecule has 1 heterocycles. The van der Waals surface area contributed by atoms with Crippen LogP contribution >= 0.6 is 0 Å². The number of rotatable bonds is 7. The van der Waals surface area contributed by atoms with E-state index in [1.165, 1.54) is 23.6 Å². The van der Waals surface area contributed by atoms with Gasteiger partial charge in [0.2, 0.25) is 0 Å². The summed E-state index contributed by atoms with van der Waals surface area (Å²) in [6.45, 7) is 1.34. The van der Waals surface area contributed by atoms with Crippen LogP contribution in [0, 0.1) is 0 Å². The Bertz CT molecular complexity index is 1130. The third kappa shape index (κ3) is 5.87. The van der Waals surface area contributed by atoms with E-state index in [1.54, 1.807) is 24.3 Å². The monoisotopic (exact) mass is 438 g/mol. The van der Waals surface area contributed by atoms with Gasteiger partial charge < -0.3 is 19.2 Å². The van der Waals surface area contributed by atoms with Crippen LogP contribution in [0.15, 0.2) is 57.7 Å². The second-order valence-electron chi connectivity index (χ2n) is 6.43. The predicted octanol–water partition coefficient (Wildman–Crippen LogP) is 3.45. The highest BCUT2D eigenvalue weighted by Crippen LogP contribution is 2.24. The van der Waals surface area contributed by atoms with Gasteiger partial charge in [0, 0.05) is 12.2 Å². The normalized spacial score (nSPS) is 12.4. The summed E-state index contributed by atoms with van der Waals surface area (Å²) in [6.07, 6.45) is -6.16. The molecule has 3 rings (SSSR count). The quantitative estimate of drug-likeness (QED) is 0.568. The fraction of sp³-hybridized carbons (Fsp3) is 0.250. The molecule has 1 aromatic heterocycles. The van der Waals surface area contributed by atoms with Gasteiger partial charge in [-0.2, -0.15) is 0 Å². The van der Waals surface area contributed by atoms with Crippen molar-refractivity contribution < 1.29 is 36.7 Å². The zero-order valence-electron chi connectivity index (χ0n) is 16.1. The Morgan fingerprint density at radius 2 is 1.81 bits per heavy atom. The molecule has 1 amide bonds. The number of halogens is 3. The maximum atomic E-state index is 12.2. The first-order chi connectivity index (χ1) is 14.6. The van der Waals surface area contributed by atoms with Gasteiger partial charge in [0.25, 0.3) is 5.91 Å². The smallest absolute Gasteiger partial charge is 0.452 e. The Balaban J connectivity index is 1.51. The van der Waals surface area contributed by atoms with E-state index in [0.717, 1.165) is 12.1 Å². The van der Waals surface area contributed by atoms with Crippen molar-refractivity contribution in [3.63, 3.8) is 0 Å². The lowest BCUT2D eigenvalue weighted by atomic mass is 10.3. The number of nitrogens with one attached hydrogen (secondary N) is 1. The summed E-state index contributed by atoms with van der Waals surface area (Å²) in [5, 5.41) is 2.42. The molecule has 0 saturated heterocycles. The number of nitrogens with zero attached hydrogens (tertiary/aromatic N) is 1. The highest BCUT2D eigenvalue weighted by Gasteiger charge is 2.31. The molecule has 164 valence electrons. The molecular weight excluding hydrogens is 421 g/mol. The minimum atomic E-state index is -4.82. The van der Waals surface area contributed by atoms with Crippen molar-refractivity contribution in [2.75, 3.05) is 5.32 Å². The van der Waals surface area contributed by atoms with Crippen molar-refractivity contribution in [1.82, 2.24) is 4.57 Å². The predicted molar refractivity (Wildman–Crippen MR) is 102 cm³/mol. The maximum Gasteiger partial charge on any atom is 0.573 e. The first-order valence-electron chi connectivity index (χ1n) is 9.07. The molecule has 0 aliphatic heterocycles. The number of para-hydroxylation sites is 2. The number of aryl methyl sites for hydroxylation is 1. The van der Waals surface area contributed by atoms with Crippen molar-refractivity contribution in [2.24, 2.45) is 0 Å². The first kappa shape index (κ1) is 21.9. The molecular formula is C20H17F3N2O6. The van der Waals surface area contributed by atoms with Crippen LogP contribution in [0.2, 0.25) is 0 Å². The zero-order valence-corrected chi connectivity index (χ0v) is 16.1. The molecule has 0 radical (unpaired) electrons. The molecule has 0 aliphatic rings. The molecule has 11 heteroatoms. The molecule has 0 spiro atoms. The average Bonchev–Trinajstić information content (AvgIpc) is 3.01. The Kier molecular flexibility index (Phi) is 6.33. The van der Waals surface area contributed by atoms with E-state index in [2.05, 4.69) is 10.1 Å². The Morgan fingerprint density at radius 3 is 2.48 bits per heavy atom. The largest absolute Gasteiger partial charge is 0.573 e. The number of carbonyl (C=O) groups is 2. The zero-order chi connectivity index (χ0) is 22.6. The Labute approximate surface area is 173 Å². The van der Waals surface area contributed by atoms with Gasteiger partial charge in [-0.3, -0.25) is 14.2 Å². The minimum Gasteiger partial charge on any atom is -0.452 e. The molecule has 0 saturated carbocycles. The maximum absolute atomic E-state index is 12.2. The third-order valence-electron chi connectivity index (χ3n) is 4.15. The van der Waals surface area contributed by atoms with Gasteiger partial charge in [-0.15, -0.1) is 13.2 Å². The highest BCUT2D eigenvalue weighted by atomic mass is 19.4. The summed E-state index contributed by atoms with van der Waals surface area (Å²) in [7, 11) is 0. The molecule has 0 fully saturated rings. The minimum absolute atomic E-state index is 0.00366. The standard InChI is InChI=1S/C20H17F3N2O6/c1-12(18(27)24-13-6-8-14(9-7-13)31-20(21,22)23)29-17(26)10-11-25-15-4-2-3-5-16(15)30-19(25)28/h2-9,12H,10-11H2,1H3,(H,24,27). The fourth-order valence-corrected chi connectivity index (χ4v) is 2.72. The molecule has 1 unspecified atom stereocenters. The van der Waals surface area contributed by atoms with Crippen LogP contribution in [0.3, 0.4) is 0 Å². The van der Waals surface area contributed by atoms with E-state index < -0.39 is 35.8 Å². The number of fused-ring (bicyclic) bond motifs is 1. The third-order valence-corrected chi connectivity index (χ3v) is 4.15. The summed E-state index contributed by atoms with van der Waals surface area (Å²) < 4.78 is 51.7. The molecule has 1 atom stereocenters. The lowest BCUT2D eigenvalue weighted by molar-refractivity contribution is -0.274. The highest BCUT2D eigenvalue weighted by molar-refractivity contribution is 5.95. The molecule has 0 bridgehead atoms. The van der Waals surface area contributed by atoms with Crippen molar-refractivity contribution in [1.29, 1.82) is 0 Å². The molecule has 1 N–H and O–H groups in total. The number of ether oxygens (including phenoxy) is 2. The number of carbonyl (C=O) groups excluding carboxylic acids is 2. The van der Waals surface area contributed by atoms with Gasteiger partial charge in [-0.05, 0) is 43.3 Å². The Morgan fingerprint density at radius 1 is 1.13 bits per heavy atom. The van der Waals surface area contributed by atoms with Crippen LogP contribution in [0.25, 0.3) is 11.1 Å². The van der Waals surface area contributed by atoms with Crippen LogP contribution in [-0.2, 0) is 20.9 Å².